The van der Waals surface area contributed by atoms with Gasteiger partial charge in [-0.25, -0.2) is 4.98 Å². The van der Waals surface area contributed by atoms with Gasteiger partial charge in [-0.1, -0.05) is 24.3 Å². The van der Waals surface area contributed by atoms with Gasteiger partial charge in [0.25, 0.3) is 5.91 Å². The summed E-state index contributed by atoms with van der Waals surface area (Å²) >= 11 is 1.59. The molecular weight excluding hydrogens is 320 g/mol. The molecule has 1 amide bonds. The predicted molar refractivity (Wildman–Crippen MR) is 96.9 cm³/mol. The summed E-state index contributed by atoms with van der Waals surface area (Å²) in [6.07, 6.45) is 3.64. The molecule has 1 heterocycles. The van der Waals surface area contributed by atoms with Crippen LogP contribution in [0.2, 0.25) is 0 Å². The first-order valence-electron chi connectivity index (χ1n) is 7.39. The SMILES string of the molecule is CSc1ccccc1NC(=O)c1cccc(Oc2ccccn2)c1. The minimum Gasteiger partial charge on any atom is -0.439 e. The molecule has 24 heavy (non-hydrogen) atoms. The normalized spacial score (nSPS) is 10.2. The summed E-state index contributed by atoms with van der Waals surface area (Å²) in [6, 6.07) is 20.2. The Kier molecular flexibility index (Phi) is 5.13. The van der Waals surface area contributed by atoms with Crippen LogP contribution in [0.25, 0.3) is 0 Å². The Morgan fingerprint density at radius 1 is 1.04 bits per heavy atom. The first kappa shape index (κ1) is 16.1. The molecule has 4 nitrogen and oxygen atoms in total. The number of para-hydroxylation sites is 1. The second-order valence-electron chi connectivity index (χ2n) is 4.95. The topological polar surface area (TPSA) is 51.2 Å². The lowest BCUT2D eigenvalue weighted by Crippen LogP contribution is -2.12. The van der Waals surface area contributed by atoms with Crippen LogP contribution in [0.4, 0.5) is 5.69 Å². The van der Waals surface area contributed by atoms with Crippen LogP contribution in [-0.2, 0) is 0 Å². The number of pyridine rings is 1. The van der Waals surface area contributed by atoms with Crippen LogP contribution >= 0.6 is 11.8 Å². The van der Waals surface area contributed by atoms with Crippen LogP contribution in [0.15, 0.2) is 77.8 Å². The van der Waals surface area contributed by atoms with Crippen LogP contribution in [0.3, 0.4) is 0 Å². The van der Waals surface area contributed by atoms with Gasteiger partial charge in [-0.3, -0.25) is 4.79 Å². The highest BCUT2D eigenvalue weighted by atomic mass is 32.2. The molecule has 5 heteroatoms. The van der Waals surface area contributed by atoms with Crippen molar-refractivity contribution in [3.63, 3.8) is 0 Å². The first-order valence-corrected chi connectivity index (χ1v) is 8.62. The quantitative estimate of drug-likeness (QED) is 0.677. The Bertz CT molecular complexity index is 838. The van der Waals surface area contributed by atoms with E-state index >= 15 is 0 Å². The molecule has 1 N–H and O–H groups in total. The Balaban J connectivity index is 1.77. The summed E-state index contributed by atoms with van der Waals surface area (Å²) in [4.78, 5) is 17.6. The number of rotatable bonds is 5. The maximum atomic E-state index is 12.5. The molecule has 0 atom stereocenters. The van der Waals surface area contributed by atoms with Crippen molar-refractivity contribution in [2.24, 2.45) is 0 Å². The minimum atomic E-state index is -0.178. The summed E-state index contributed by atoms with van der Waals surface area (Å²) in [5.74, 6) is 0.880. The highest BCUT2D eigenvalue weighted by Crippen LogP contribution is 2.26. The highest BCUT2D eigenvalue weighted by Gasteiger charge is 2.10. The lowest BCUT2D eigenvalue weighted by atomic mass is 10.2. The largest absolute Gasteiger partial charge is 0.439 e. The summed E-state index contributed by atoms with van der Waals surface area (Å²) in [5.41, 5.74) is 1.32. The number of amides is 1. The predicted octanol–water partition coefficient (Wildman–Crippen LogP) is 4.85. The van der Waals surface area contributed by atoms with Gasteiger partial charge in [0.15, 0.2) is 0 Å². The van der Waals surface area contributed by atoms with Crippen LogP contribution in [-0.4, -0.2) is 17.1 Å². The van der Waals surface area contributed by atoms with Crippen molar-refractivity contribution in [1.29, 1.82) is 0 Å². The van der Waals surface area contributed by atoms with Gasteiger partial charge in [0.2, 0.25) is 5.88 Å². The number of hydrogen-bond donors (Lipinski definition) is 1. The summed E-state index contributed by atoms with van der Waals surface area (Å²) in [5, 5.41) is 2.94. The van der Waals surface area contributed by atoms with Gasteiger partial charge in [-0.15, -0.1) is 11.8 Å². The second-order valence-corrected chi connectivity index (χ2v) is 5.80. The molecule has 0 aliphatic heterocycles. The molecular formula is C19H16N2O2S. The molecule has 3 rings (SSSR count). The van der Waals surface area contributed by atoms with E-state index < -0.39 is 0 Å². The molecule has 0 spiro atoms. The zero-order valence-corrected chi connectivity index (χ0v) is 13.9. The van der Waals surface area contributed by atoms with Crippen LogP contribution in [0.1, 0.15) is 10.4 Å². The molecule has 0 saturated carbocycles. The number of aromatic nitrogens is 1. The molecule has 0 aliphatic carbocycles. The fraction of sp³-hybridized carbons (Fsp3) is 0.0526. The van der Waals surface area contributed by atoms with Crippen molar-refractivity contribution < 1.29 is 9.53 Å². The van der Waals surface area contributed by atoms with E-state index in [4.69, 9.17) is 4.74 Å². The van der Waals surface area contributed by atoms with Gasteiger partial charge in [-0.2, -0.15) is 0 Å². The van der Waals surface area contributed by atoms with Crippen molar-refractivity contribution in [2.75, 3.05) is 11.6 Å². The third kappa shape index (κ3) is 3.94. The number of thioether (sulfide) groups is 1. The average Bonchev–Trinajstić information content (AvgIpc) is 2.63. The molecule has 2 aromatic carbocycles. The number of nitrogens with one attached hydrogen (secondary N) is 1. The van der Waals surface area contributed by atoms with E-state index in [1.807, 2.05) is 42.7 Å². The minimum absolute atomic E-state index is 0.178. The second kappa shape index (κ2) is 7.66. The van der Waals surface area contributed by atoms with E-state index in [9.17, 15) is 4.79 Å². The third-order valence-corrected chi connectivity index (χ3v) is 4.11. The van der Waals surface area contributed by atoms with E-state index in [0.29, 0.717) is 17.2 Å². The third-order valence-electron chi connectivity index (χ3n) is 3.31. The fourth-order valence-electron chi connectivity index (χ4n) is 2.17. The zero-order chi connectivity index (χ0) is 16.8. The first-order chi connectivity index (χ1) is 11.8. The van der Waals surface area contributed by atoms with E-state index in [1.54, 1.807) is 48.3 Å². The molecule has 0 aliphatic rings. The van der Waals surface area contributed by atoms with Crippen molar-refractivity contribution in [3.8, 4) is 11.6 Å². The van der Waals surface area contributed by atoms with Gasteiger partial charge in [0.05, 0.1) is 5.69 Å². The lowest BCUT2D eigenvalue weighted by molar-refractivity contribution is 0.102. The molecule has 0 saturated heterocycles. The Labute approximate surface area is 144 Å². The van der Waals surface area contributed by atoms with Crippen molar-refractivity contribution >= 4 is 23.4 Å². The summed E-state index contributed by atoms with van der Waals surface area (Å²) in [6.45, 7) is 0. The standard InChI is InChI=1S/C19H16N2O2S/c1-24-17-10-3-2-9-16(17)21-19(22)14-7-6-8-15(13-14)23-18-11-4-5-12-20-18/h2-13H,1H3,(H,21,22). The molecule has 1 aromatic heterocycles. The van der Waals surface area contributed by atoms with Crippen molar-refractivity contribution in [3.05, 3.63) is 78.5 Å². The maximum Gasteiger partial charge on any atom is 0.255 e. The molecule has 0 fully saturated rings. The van der Waals surface area contributed by atoms with E-state index in [2.05, 4.69) is 10.3 Å². The van der Waals surface area contributed by atoms with E-state index in [0.717, 1.165) is 10.6 Å². The number of benzene rings is 2. The van der Waals surface area contributed by atoms with Gasteiger partial charge in [0.1, 0.15) is 5.75 Å². The van der Waals surface area contributed by atoms with Gasteiger partial charge in [-0.05, 0) is 42.7 Å². The van der Waals surface area contributed by atoms with Crippen molar-refractivity contribution in [2.45, 2.75) is 4.90 Å². The number of carbonyl (C=O) groups excluding carboxylic acids is 1. The van der Waals surface area contributed by atoms with Crippen LogP contribution in [0.5, 0.6) is 11.6 Å². The molecule has 0 bridgehead atoms. The number of nitrogens with zero attached hydrogens (tertiary/aromatic N) is 1. The zero-order valence-electron chi connectivity index (χ0n) is 13.1. The lowest BCUT2D eigenvalue weighted by Gasteiger charge is -2.10. The van der Waals surface area contributed by atoms with Crippen LogP contribution in [0, 0.1) is 0 Å². The van der Waals surface area contributed by atoms with Gasteiger partial charge in [0, 0.05) is 22.7 Å². The monoisotopic (exact) mass is 336 g/mol. The van der Waals surface area contributed by atoms with E-state index in [1.165, 1.54) is 0 Å². The molecule has 0 radical (unpaired) electrons. The smallest absolute Gasteiger partial charge is 0.255 e. The summed E-state index contributed by atoms with van der Waals surface area (Å²) in [7, 11) is 0. The van der Waals surface area contributed by atoms with Crippen molar-refractivity contribution in [1.82, 2.24) is 4.98 Å². The number of hydrogen-bond acceptors (Lipinski definition) is 4. The highest BCUT2D eigenvalue weighted by molar-refractivity contribution is 7.98. The van der Waals surface area contributed by atoms with Gasteiger partial charge >= 0.3 is 0 Å². The molecule has 0 unspecified atom stereocenters. The molecule has 120 valence electrons. The van der Waals surface area contributed by atoms with E-state index in [-0.39, 0.29) is 5.91 Å². The summed E-state index contributed by atoms with van der Waals surface area (Å²) < 4.78 is 5.67. The Hall–Kier alpha value is -2.79. The number of ether oxygens (including phenoxy) is 1. The molecule has 3 aromatic rings. The van der Waals surface area contributed by atoms with Crippen LogP contribution < -0.4 is 10.1 Å². The maximum absolute atomic E-state index is 12.5. The Morgan fingerprint density at radius 2 is 1.88 bits per heavy atom. The Morgan fingerprint density at radius 3 is 2.67 bits per heavy atom. The average molecular weight is 336 g/mol. The van der Waals surface area contributed by atoms with Gasteiger partial charge < -0.3 is 10.1 Å². The number of carbonyl (C=O) groups is 1. The fourth-order valence-corrected chi connectivity index (χ4v) is 2.73. The number of anilines is 1.